The molecule has 19 heavy (non-hydrogen) atoms. The van der Waals surface area contributed by atoms with Gasteiger partial charge in [0.1, 0.15) is 12.7 Å². The van der Waals surface area contributed by atoms with E-state index in [0.717, 1.165) is 32.2 Å². The zero-order chi connectivity index (χ0) is 12.9. The molecule has 0 bridgehead atoms. The molecule has 3 rings (SSSR count). The topological polar surface area (TPSA) is 43.2 Å². The lowest BCUT2D eigenvalue weighted by molar-refractivity contribution is -0.0429. The standard InChI is InChI=1S/C14H24N4O/c1-2-4-13(5-3-1)8-17-6-7-19-14(9-17)10-18-12-15-11-16-18/h11-14H,1-10H2/t14-/m0/s1. The monoisotopic (exact) mass is 264 g/mol. The summed E-state index contributed by atoms with van der Waals surface area (Å²) in [7, 11) is 0. The van der Waals surface area contributed by atoms with Crippen molar-refractivity contribution >= 4 is 0 Å². The van der Waals surface area contributed by atoms with Gasteiger partial charge >= 0.3 is 0 Å². The van der Waals surface area contributed by atoms with Gasteiger partial charge in [0.15, 0.2) is 0 Å². The lowest BCUT2D eigenvalue weighted by Gasteiger charge is -2.36. The van der Waals surface area contributed by atoms with E-state index < -0.39 is 0 Å². The highest BCUT2D eigenvalue weighted by Gasteiger charge is 2.24. The molecule has 106 valence electrons. The summed E-state index contributed by atoms with van der Waals surface area (Å²) in [6, 6.07) is 0. The summed E-state index contributed by atoms with van der Waals surface area (Å²) < 4.78 is 7.71. The molecule has 2 aliphatic rings. The average Bonchev–Trinajstić information content (AvgIpc) is 2.93. The van der Waals surface area contributed by atoms with Crippen molar-refractivity contribution in [3.8, 4) is 0 Å². The molecule has 5 heteroatoms. The molecule has 5 nitrogen and oxygen atoms in total. The number of morpholine rings is 1. The van der Waals surface area contributed by atoms with Crippen LogP contribution in [0.3, 0.4) is 0 Å². The average molecular weight is 264 g/mol. The van der Waals surface area contributed by atoms with E-state index in [1.54, 1.807) is 12.7 Å². The third-order valence-corrected chi connectivity index (χ3v) is 4.32. The van der Waals surface area contributed by atoms with Crippen molar-refractivity contribution in [3.63, 3.8) is 0 Å². The molecule has 0 unspecified atom stereocenters. The Balaban J connectivity index is 1.47. The highest BCUT2D eigenvalue weighted by atomic mass is 16.5. The summed E-state index contributed by atoms with van der Waals surface area (Å²) in [5.41, 5.74) is 0. The smallest absolute Gasteiger partial charge is 0.137 e. The van der Waals surface area contributed by atoms with Crippen LogP contribution in [-0.4, -0.2) is 52.0 Å². The van der Waals surface area contributed by atoms with Crippen LogP contribution in [0.4, 0.5) is 0 Å². The van der Waals surface area contributed by atoms with Gasteiger partial charge in [-0.05, 0) is 18.8 Å². The minimum absolute atomic E-state index is 0.263. The molecule has 0 spiro atoms. The fraction of sp³-hybridized carbons (Fsp3) is 0.857. The maximum absolute atomic E-state index is 5.84. The molecule has 0 aromatic carbocycles. The van der Waals surface area contributed by atoms with E-state index in [1.807, 2.05) is 4.68 Å². The number of nitrogens with zero attached hydrogens (tertiary/aromatic N) is 4. The third-order valence-electron chi connectivity index (χ3n) is 4.32. The maximum Gasteiger partial charge on any atom is 0.137 e. The van der Waals surface area contributed by atoms with Gasteiger partial charge in [0.05, 0.1) is 19.3 Å². The zero-order valence-corrected chi connectivity index (χ0v) is 11.6. The van der Waals surface area contributed by atoms with Crippen LogP contribution in [-0.2, 0) is 11.3 Å². The molecule has 1 aromatic rings. The molecule has 1 aliphatic carbocycles. The molecule has 1 atom stereocenters. The second-order valence-corrected chi connectivity index (χ2v) is 5.87. The van der Waals surface area contributed by atoms with Gasteiger partial charge in [-0.2, -0.15) is 5.10 Å². The van der Waals surface area contributed by atoms with Crippen molar-refractivity contribution < 1.29 is 4.74 Å². The Kier molecular flexibility index (Phi) is 4.45. The van der Waals surface area contributed by atoms with Crippen LogP contribution in [0.5, 0.6) is 0 Å². The quantitative estimate of drug-likeness (QED) is 0.828. The molecule has 1 saturated heterocycles. The van der Waals surface area contributed by atoms with Crippen LogP contribution in [0.2, 0.25) is 0 Å². The van der Waals surface area contributed by atoms with E-state index in [0.29, 0.717) is 0 Å². The minimum Gasteiger partial charge on any atom is -0.374 e. The predicted octanol–water partition coefficient (Wildman–Crippen LogP) is 1.56. The van der Waals surface area contributed by atoms with Crippen molar-refractivity contribution in [2.24, 2.45) is 5.92 Å². The fourth-order valence-electron chi connectivity index (χ4n) is 3.33. The predicted molar refractivity (Wildman–Crippen MR) is 72.8 cm³/mol. The van der Waals surface area contributed by atoms with E-state index >= 15 is 0 Å². The van der Waals surface area contributed by atoms with Crippen molar-refractivity contribution in [3.05, 3.63) is 12.7 Å². The first-order valence-corrected chi connectivity index (χ1v) is 7.56. The van der Waals surface area contributed by atoms with Gasteiger partial charge in [-0.15, -0.1) is 0 Å². The van der Waals surface area contributed by atoms with Crippen LogP contribution in [0, 0.1) is 5.92 Å². The number of hydrogen-bond donors (Lipinski definition) is 0. The Hall–Kier alpha value is -0.940. The summed E-state index contributed by atoms with van der Waals surface area (Å²) in [5.74, 6) is 0.916. The molecule has 1 saturated carbocycles. The van der Waals surface area contributed by atoms with Gasteiger partial charge in [-0.25, -0.2) is 4.98 Å². The summed E-state index contributed by atoms with van der Waals surface area (Å²) in [4.78, 5) is 6.57. The van der Waals surface area contributed by atoms with Crippen molar-refractivity contribution in [2.45, 2.75) is 44.8 Å². The fourth-order valence-corrected chi connectivity index (χ4v) is 3.33. The van der Waals surface area contributed by atoms with Gasteiger partial charge in [-0.3, -0.25) is 9.58 Å². The molecule has 2 fully saturated rings. The first-order chi connectivity index (χ1) is 9.40. The summed E-state index contributed by atoms with van der Waals surface area (Å²) in [5, 5.41) is 4.16. The van der Waals surface area contributed by atoms with Crippen LogP contribution in [0.15, 0.2) is 12.7 Å². The molecule has 1 aliphatic heterocycles. The van der Waals surface area contributed by atoms with Gasteiger partial charge in [0, 0.05) is 19.6 Å². The van der Waals surface area contributed by atoms with Crippen LogP contribution >= 0.6 is 0 Å². The lowest BCUT2D eigenvalue weighted by atomic mass is 9.89. The van der Waals surface area contributed by atoms with Crippen molar-refractivity contribution in [2.75, 3.05) is 26.2 Å². The number of ether oxygens (including phenoxy) is 1. The van der Waals surface area contributed by atoms with Crippen LogP contribution in [0.1, 0.15) is 32.1 Å². The Labute approximate surface area is 114 Å². The van der Waals surface area contributed by atoms with Crippen molar-refractivity contribution in [1.82, 2.24) is 19.7 Å². The molecule has 0 N–H and O–H groups in total. The second kappa shape index (κ2) is 6.48. The van der Waals surface area contributed by atoms with E-state index in [2.05, 4.69) is 15.0 Å². The first kappa shape index (κ1) is 13.1. The summed E-state index contributed by atoms with van der Waals surface area (Å²) in [6.45, 7) is 5.06. The number of rotatable bonds is 4. The van der Waals surface area contributed by atoms with Gasteiger partial charge in [-0.1, -0.05) is 19.3 Å². The highest BCUT2D eigenvalue weighted by molar-refractivity contribution is 4.76. The van der Waals surface area contributed by atoms with Crippen LogP contribution < -0.4 is 0 Å². The number of hydrogen-bond acceptors (Lipinski definition) is 4. The molecule has 2 heterocycles. The Bertz CT molecular complexity index is 362. The number of aromatic nitrogens is 3. The summed E-state index contributed by atoms with van der Waals surface area (Å²) in [6.07, 6.45) is 10.8. The van der Waals surface area contributed by atoms with E-state index in [4.69, 9.17) is 4.74 Å². The summed E-state index contributed by atoms with van der Waals surface area (Å²) >= 11 is 0. The molecular formula is C14H24N4O. The van der Waals surface area contributed by atoms with Crippen molar-refractivity contribution in [1.29, 1.82) is 0 Å². The Morgan fingerprint density at radius 1 is 1.16 bits per heavy atom. The van der Waals surface area contributed by atoms with Crippen LogP contribution in [0.25, 0.3) is 0 Å². The largest absolute Gasteiger partial charge is 0.374 e. The SMILES string of the molecule is c1ncn(C[C@@H]2CN(CC3CCCCC3)CCO2)n1. The molecule has 0 amide bonds. The third kappa shape index (κ3) is 3.76. The van der Waals surface area contributed by atoms with Gasteiger partial charge in [0.25, 0.3) is 0 Å². The zero-order valence-electron chi connectivity index (χ0n) is 11.6. The second-order valence-electron chi connectivity index (χ2n) is 5.87. The minimum atomic E-state index is 0.263. The van der Waals surface area contributed by atoms with Gasteiger partial charge < -0.3 is 4.74 Å². The normalized spacial score (nSPS) is 26.6. The molecular weight excluding hydrogens is 240 g/mol. The lowest BCUT2D eigenvalue weighted by Crippen LogP contribution is -2.46. The Morgan fingerprint density at radius 2 is 2.05 bits per heavy atom. The first-order valence-electron chi connectivity index (χ1n) is 7.56. The highest BCUT2D eigenvalue weighted by Crippen LogP contribution is 2.25. The maximum atomic E-state index is 5.84. The van der Waals surface area contributed by atoms with Gasteiger partial charge in [0.2, 0.25) is 0 Å². The van der Waals surface area contributed by atoms with E-state index in [-0.39, 0.29) is 6.10 Å². The molecule has 0 radical (unpaired) electrons. The van der Waals surface area contributed by atoms with E-state index in [9.17, 15) is 0 Å². The Morgan fingerprint density at radius 3 is 2.84 bits per heavy atom. The van der Waals surface area contributed by atoms with E-state index in [1.165, 1.54) is 38.6 Å². The molecule has 1 aromatic heterocycles.